The van der Waals surface area contributed by atoms with Gasteiger partial charge < -0.3 is 19.9 Å². The Kier molecular flexibility index (Phi) is 4.79. The Bertz CT molecular complexity index is 538. The first-order chi connectivity index (χ1) is 9.61. The zero-order valence-corrected chi connectivity index (χ0v) is 12.1. The zero-order chi connectivity index (χ0) is 14.5. The quantitative estimate of drug-likeness (QED) is 0.642. The van der Waals surface area contributed by atoms with E-state index in [0.717, 1.165) is 13.1 Å². The van der Waals surface area contributed by atoms with Crippen molar-refractivity contribution in [2.24, 2.45) is 10.7 Å². The molecule has 110 valence electrons. The molecule has 1 aliphatic heterocycles. The number of hydrogen-bond acceptors (Lipinski definition) is 3. The summed E-state index contributed by atoms with van der Waals surface area (Å²) in [4.78, 5) is 18.4. The van der Waals surface area contributed by atoms with Crippen LogP contribution in [0.3, 0.4) is 0 Å². The Morgan fingerprint density at radius 2 is 2.40 bits per heavy atom. The van der Waals surface area contributed by atoms with Crippen LogP contribution in [0.1, 0.15) is 19.4 Å². The second-order valence-electron chi connectivity index (χ2n) is 4.93. The maximum absolute atomic E-state index is 12.1. The lowest BCUT2D eigenvalue weighted by Gasteiger charge is -2.31. The first-order valence-corrected chi connectivity index (χ1v) is 6.96. The average Bonchev–Trinajstić information content (AvgIpc) is 2.46. The second-order valence-corrected chi connectivity index (χ2v) is 4.93. The average molecular weight is 278 g/mol. The van der Waals surface area contributed by atoms with Gasteiger partial charge in [0.25, 0.3) is 5.56 Å². The number of ether oxygens (including phenoxy) is 1. The van der Waals surface area contributed by atoms with Crippen LogP contribution < -0.4 is 11.3 Å². The molecule has 1 aromatic rings. The minimum atomic E-state index is 0.00176. The number of aryl methyl sites for hydroxylation is 1. The van der Waals surface area contributed by atoms with Crippen LogP contribution in [0.5, 0.6) is 0 Å². The van der Waals surface area contributed by atoms with E-state index in [0.29, 0.717) is 31.2 Å². The zero-order valence-electron chi connectivity index (χ0n) is 12.1. The van der Waals surface area contributed by atoms with Gasteiger partial charge in [-0.3, -0.25) is 4.79 Å². The Morgan fingerprint density at radius 1 is 1.60 bits per heavy atom. The van der Waals surface area contributed by atoms with Gasteiger partial charge in [-0.2, -0.15) is 0 Å². The summed E-state index contributed by atoms with van der Waals surface area (Å²) < 4.78 is 7.13. The van der Waals surface area contributed by atoms with Crippen molar-refractivity contribution < 1.29 is 4.74 Å². The molecule has 0 amide bonds. The number of hydrogen-bond donors (Lipinski definition) is 1. The molecule has 2 N–H and O–H groups in total. The normalized spacial score (nSPS) is 20.2. The minimum absolute atomic E-state index is 0.00176. The fourth-order valence-electron chi connectivity index (χ4n) is 2.25. The lowest BCUT2D eigenvalue weighted by atomic mass is 10.3. The largest absolute Gasteiger partial charge is 0.375 e. The van der Waals surface area contributed by atoms with E-state index < -0.39 is 0 Å². The van der Waals surface area contributed by atoms with E-state index in [9.17, 15) is 4.79 Å². The van der Waals surface area contributed by atoms with E-state index in [-0.39, 0.29) is 11.7 Å². The maximum atomic E-state index is 12.1. The molecule has 0 radical (unpaired) electrons. The monoisotopic (exact) mass is 278 g/mol. The van der Waals surface area contributed by atoms with Gasteiger partial charge in [-0.25, -0.2) is 4.99 Å². The van der Waals surface area contributed by atoms with Gasteiger partial charge >= 0.3 is 0 Å². The number of guanidine groups is 1. The van der Waals surface area contributed by atoms with E-state index in [4.69, 9.17) is 10.5 Å². The van der Waals surface area contributed by atoms with E-state index >= 15 is 0 Å². The summed E-state index contributed by atoms with van der Waals surface area (Å²) in [6, 6.07) is 3.66. The van der Waals surface area contributed by atoms with Crippen LogP contribution in [0, 0.1) is 0 Å². The number of rotatable bonds is 3. The van der Waals surface area contributed by atoms with Gasteiger partial charge in [-0.15, -0.1) is 0 Å². The molecule has 20 heavy (non-hydrogen) atoms. The summed E-state index contributed by atoms with van der Waals surface area (Å²) >= 11 is 0. The number of aromatic nitrogens is 1. The summed E-state index contributed by atoms with van der Waals surface area (Å²) in [6.07, 6.45) is 1.94. The third-order valence-electron chi connectivity index (χ3n) is 3.42. The second kappa shape index (κ2) is 6.56. The van der Waals surface area contributed by atoms with Crippen LogP contribution in [-0.2, 0) is 17.8 Å². The Balaban J connectivity index is 2.07. The minimum Gasteiger partial charge on any atom is -0.375 e. The number of nitrogens with two attached hydrogens (primary N) is 1. The Labute approximate surface area is 118 Å². The van der Waals surface area contributed by atoms with Gasteiger partial charge in [-0.05, 0) is 19.9 Å². The van der Waals surface area contributed by atoms with Gasteiger partial charge in [0.15, 0.2) is 5.96 Å². The molecule has 1 fully saturated rings. The number of morpholine rings is 1. The van der Waals surface area contributed by atoms with Gasteiger partial charge in [0.1, 0.15) is 0 Å². The molecule has 1 aliphatic rings. The predicted molar refractivity (Wildman–Crippen MR) is 78.7 cm³/mol. The van der Waals surface area contributed by atoms with Crippen molar-refractivity contribution in [3.8, 4) is 0 Å². The van der Waals surface area contributed by atoms with E-state index in [1.54, 1.807) is 16.8 Å². The first-order valence-electron chi connectivity index (χ1n) is 6.96. The van der Waals surface area contributed by atoms with Crippen LogP contribution in [0.25, 0.3) is 0 Å². The van der Waals surface area contributed by atoms with Gasteiger partial charge in [-0.1, -0.05) is 6.07 Å². The maximum Gasteiger partial charge on any atom is 0.255 e. The number of aliphatic imine (C=N–C) groups is 1. The molecule has 0 spiro atoms. The third-order valence-corrected chi connectivity index (χ3v) is 3.42. The molecule has 1 aromatic heterocycles. The van der Waals surface area contributed by atoms with Crippen molar-refractivity contribution in [1.29, 1.82) is 0 Å². The highest BCUT2D eigenvalue weighted by Crippen LogP contribution is 2.04. The smallest absolute Gasteiger partial charge is 0.255 e. The van der Waals surface area contributed by atoms with Gasteiger partial charge in [0.2, 0.25) is 0 Å². The topological polar surface area (TPSA) is 72.8 Å². The molecule has 1 unspecified atom stereocenters. The summed E-state index contributed by atoms with van der Waals surface area (Å²) in [7, 11) is 0. The van der Waals surface area contributed by atoms with E-state index in [1.165, 1.54) is 0 Å². The molecule has 0 aromatic carbocycles. The summed E-state index contributed by atoms with van der Waals surface area (Å²) in [5, 5.41) is 0. The number of pyridine rings is 1. The van der Waals surface area contributed by atoms with Crippen molar-refractivity contribution in [2.45, 2.75) is 33.0 Å². The fraction of sp³-hybridized carbons (Fsp3) is 0.571. The van der Waals surface area contributed by atoms with Crippen LogP contribution in [0.2, 0.25) is 0 Å². The van der Waals surface area contributed by atoms with Crippen LogP contribution >= 0.6 is 0 Å². The molecule has 2 rings (SSSR count). The van der Waals surface area contributed by atoms with Gasteiger partial charge in [0.05, 0.1) is 19.3 Å². The first kappa shape index (κ1) is 14.6. The lowest BCUT2D eigenvalue weighted by Crippen LogP contribution is -2.47. The standard InChI is InChI=1S/C14H22N4O2/c1-3-17-6-4-5-12(13(17)19)9-16-14(15)18-7-8-20-11(2)10-18/h4-6,11H,3,7-10H2,1-2H3,(H2,15,16). The van der Waals surface area contributed by atoms with Gasteiger partial charge in [0, 0.05) is 31.4 Å². The molecular weight excluding hydrogens is 256 g/mol. The van der Waals surface area contributed by atoms with Crippen LogP contribution in [0.4, 0.5) is 0 Å². The van der Waals surface area contributed by atoms with Crippen molar-refractivity contribution in [3.05, 3.63) is 34.2 Å². The molecule has 6 nitrogen and oxygen atoms in total. The molecule has 1 atom stereocenters. The summed E-state index contributed by atoms with van der Waals surface area (Å²) in [5.74, 6) is 0.478. The van der Waals surface area contributed by atoms with E-state index in [1.807, 2.05) is 24.8 Å². The molecule has 1 saturated heterocycles. The molecule has 0 saturated carbocycles. The molecule has 6 heteroatoms. The van der Waals surface area contributed by atoms with Crippen molar-refractivity contribution in [3.63, 3.8) is 0 Å². The molecule has 2 heterocycles. The third kappa shape index (κ3) is 3.39. The Morgan fingerprint density at radius 3 is 3.10 bits per heavy atom. The van der Waals surface area contributed by atoms with Crippen molar-refractivity contribution >= 4 is 5.96 Å². The van der Waals surface area contributed by atoms with Crippen LogP contribution in [0.15, 0.2) is 28.1 Å². The number of nitrogens with zero attached hydrogens (tertiary/aromatic N) is 3. The van der Waals surface area contributed by atoms with Crippen LogP contribution in [-0.4, -0.2) is 41.2 Å². The summed E-state index contributed by atoms with van der Waals surface area (Å²) in [5.41, 5.74) is 6.66. The predicted octanol–water partition coefficient (Wildman–Crippen LogP) is 0.404. The van der Waals surface area contributed by atoms with E-state index in [2.05, 4.69) is 4.99 Å². The SMILES string of the molecule is CCn1cccc(CN=C(N)N2CCOC(C)C2)c1=O. The molecule has 0 bridgehead atoms. The Hall–Kier alpha value is -1.82. The fourth-order valence-corrected chi connectivity index (χ4v) is 2.25. The molecular formula is C14H22N4O2. The highest BCUT2D eigenvalue weighted by molar-refractivity contribution is 5.78. The lowest BCUT2D eigenvalue weighted by molar-refractivity contribution is 0.00528. The highest BCUT2D eigenvalue weighted by atomic mass is 16.5. The highest BCUT2D eigenvalue weighted by Gasteiger charge is 2.17. The summed E-state index contributed by atoms with van der Waals surface area (Å²) in [6.45, 7) is 7.07. The van der Waals surface area contributed by atoms with Crippen molar-refractivity contribution in [1.82, 2.24) is 9.47 Å². The van der Waals surface area contributed by atoms with Crippen molar-refractivity contribution in [2.75, 3.05) is 19.7 Å². The molecule has 0 aliphatic carbocycles.